The van der Waals surface area contributed by atoms with Crippen molar-refractivity contribution < 1.29 is 10.0 Å². The van der Waals surface area contributed by atoms with Gasteiger partial charge in [-0.1, -0.05) is 61.9 Å². The summed E-state index contributed by atoms with van der Waals surface area (Å²) in [6.45, 7) is 2.18. The molecule has 19 heavy (non-hydrogen) atoms. The van der Waals surface area contributed by atoms with Crippen LogP contribution in [0.5, 0.6) is 0 Å². The normalized spacial score (nSPS) is 10.5. The second-order valence-electron chi connectivity index (χ2n) is 4.76. The third kappa shape index (κ3) is 3.46. The molecule has 0 atom stereocenters. The van der Waals surface area contributed by atoms with Crippen LogP contribution in [0.2, 0.25) is 0 Å². The summed E-state index contributed by atoms with van der Waals surface area (Å²) in [6.07, 6.45) is 3.41. The average Bonchev–Trinajstić information content (AvgIpc) is 2.45. The fourth-order valence-electron chi connectivity index (χ4n) is 2.26. The number of unbranched alkanes of at least 4 members (excludes halogenated alkanes) is 1. The van der Waals surface area contributed by atoms with E-state index < -0.39 is 7.12 Å². The van der Waals surface area contributed by atoms with Crippen LogP contribution in [0, 0.1) is 0 Å². The third-order valence-electron chi connectivity index (χ3n) is 3.30. The van der Waals surface area contributed by atoms with Crippen LogP contribution in [-0.2, 0) is 6.42 Å². The van der Waals surface area contributed by atoms with Crippen molar-refractivity contribution in [1.29, 1.82) is 0 Å². The van der Waals surface area contributed by atoms with E-state index in [2.05, 4.69) is 19.1 Å². The summed E-state index contributed by atoms with van der Waals surface area (Å²) in [6, 6.07) is 15.7. The van der Waals surface area contributed by atoms with Gasteiger partial charge in [0.2, 0.25) is 0 Å². The van der Waals surface area contributed by atoms with Gasteiger partial charge in [0.05, 0.1) is 0 Å². The highest BCUT2D eigenvalue weighted by molar-refractivity contribution is 6.60. The van der Waals surface area contributed by atoms with Crippen molar-refractivity contribution in [3.63, 3.8) is 0 Å². The predicted octanol–water partition coefficient (Wildman–Crippen LogP) is 2.38. The van der Waals surface area contributed by atoms with Gasteiger partial charge in [-0.05, 0) is 35.0 Å². The van der Waals surface area contributed by atoms with Crippen molar-refractivity contribution in [2.75, 3.05) is 0 Å². The monoisotopic (exact) mass is 254 g/mol. The highest BCUT2D eigenvalue weighted by Crippen LogP contribution is 2.20. The molecule has 0 saturated carbocycles. The second kappa shape index (κ2) is 6.55. The highest BCUT2D eigenvalue weighted by atomic mass is 16.4. The van der Waals surface area contributed by atoms with E-state index >= 15 is 0 Å². The van der Waals surface area contributed by atoms with E-state index in [1.54, 1.807) is 6.07 Å². The van der Waals surface area contributed by atoms with Crippen LogP contribution < -0.4 is 5.46 Å². The first kappa shape index (κ1) is 13.8. The Labute approximate surface area is 114 Å². The van der Waals surface area contributed by atoms with Crippen LogP contribution >= 0.6 is 0 Å². The molecule has 0 radical (unpaired) electrons. The summed E-state index contributed by atoms with van der Waals surface area (Å²) in [5, 5.41) is 18.9. The smallest absolute Gasteiger partial charge is 0.423 e. The molecule has 0 amide bonds. The minimum absolute atomic E-state index is 0.551. The maximum absolute atomic E-state index is 9.43. The molecular formula is C16H19BO2. The summed E-state index contributed by atoms with van der Waals surface area (Å²) < 4.78 is 0. The molecule has 2 aromatic rings. The molecular weight excluding hydrogens is 235 g/mol. The summed E-state index contributed by atoms with van der Waals surface area (Å²) in [4.78, 5) is 0. The Balaban J connectivity index is 2.36. The van der Waals surface area contributed by atoms with E-state index in [1.165, 1.54) is 18.4 Å². The lowest BCUT2D eigenvalue weighted by Gasteiger charge is -2.10. The lowest BCUT2D eigenvalue weighted by molar-refractivity contribution is 0.426. The van der Waals surface area contributed by atoms with Crippen molar-refractivity contribution in [2.24, 2.45) is 0 Å². The molecule has 0 aliphatic heterocycles. The Morgan fingerprint density at radius 3 is 2.53 bits per heavy atom. The van der Waals surface area contributed by atoms with Crippen LogP contribution in [0.15, 0.2) is 48.5 Å². The minimum atomic E-state index is -1.43. The van der Waals surface area contributed by atoms with E-state index in [0.717, 1.165) is 17.5 Å². The SMILES string of the molecule is CCCCc1cccc(-c2ccccc2B(O)O)c1. The quantitative estimate of drug-likeness (QED) is 0.804. The van der Waals surface area contributed by atoms with Gasteiger partial charge >= 0.3 is 7.12 Å². The van der Waals surface area contributed by atoms with Gasteiger partial charge in [0.25, 0.3) is 0 Å². The largest absolute Gasteiger partial charge is 0.489 e. The lowest BCUT2D eigenvalue weighted by atomic mass is 9.75. The molecule has 98 valence electrons. The number of benzene rings is 2. The van der Waals surface area contributed by atoms with Gasteiger partial charge in [-0.15, -0.1) is 0 Å². The standard InChI is InChI=1S/C16H19BO2/c1-2-3-7-13-8-6-9-14(12-13)15-10-4-5-11-16(15)17(18)19/h4-6,8-12,18-19H,2-3,7H2,1H3. The van der Waals surface area contributed by atoms with Crippen LogP contribution in [0.4, 0.5) is 0 Å². The minimum Gasteiger partial charge on any atom is -0.423 e. The molecule has 2 aromatic carbocycles. The Bertz CT molecular complexity index is 538. The Hall–Kier alpha value is -1.58. The first-order valence-electron chi connectivity index (χ1n) is 6.76. The average molecular weight is 254 g/mol. The zero-order valence-corrected chi connectivity index (χ0v) is 11.2. The van der Waals surface area contributed by atoms with Crippen molar-refractivity contribution in [1.82, 2.24) is 0 Å². The number of hydrogen-bond donors (Lipinski definition) is 2. The summed E-state index contributed by atoms with van der Waals surface area (Å²) in [5.41, 5.74) is 3.77. The van der Waals surface area contributed by atoms with Crippen LogP contribution in [0.25, 0.3) is 11.1 Å². The van der Waals surface area contributed by atoms with Gasteiger partial charge in [-0.3, -0.25) is 0 Å². The van der Waals surface area contributed by atoms with E-state index in [9.17, 15) is 10.0 Å². The Morgan fingerprint density at radius 1 is 1.00 bits per heavy atom. The zero-order chi connectivity index (χ0) is 13.7. The fraction of sp³-hybridized carbons (Fsp3) is 0.250. The Kier molecular flexibility index (Phi) is 4.77. The number of rotatable bonds is 5. The first-order valence-corrected chi connectivity index (χ1v) is 6.76. The van der Waals surface area contributed by atoms with E-state index in [0.29, 0.717) is 5.46 Å². The van der Waals surface area contributed by atoms with Gasteiger partial charge in [-0.2, -0.15) is 0 Å². The van der Waals surface area contributed by atoms with Gasteiger partial charge in [0.15, 0.2) is 0 Å². The molecule has 0 unspecified atom stereocenters. The molecule has 2 N–H and O–H groups in total. The fourth-order valence-corrected chi connectivity index (χ4v) is 2.26. The maximum atomic E-state index is 9.43. The van der Waals surface area contributed by atoms with Crippen LogP contribution in [-0.4, -0.2) is 17.2 Å². The number of aryl methyl sites for hydroxylation is 1. The molecule has 0 fully saturated rings. The molecule has 0 spiro atoms. The molecule has 2 rings (SSSR count). The molecule has 3 heteroatoms. The molecule has 0 saturated heterocycles. The lowest BCUT2D eigenvalue weighted by Crippen LogP contribution is -2.31. The summed E-state index contributed by atoms with van der Waals surface area (Å²) in [5.74, 6) is 0. The summed E-state index contributed by atoms with van der Waals surface area (Å²) in [7, 11) is -1.43. The second-order valence-corrected chi connectivity index (χ2v) is 4.76. The van der Waals surface area contributed by atoms with Crippen LogP contribution in [0.1, 0.15) is 25.3 Å². The number of hydrogen-bond acceptors (Lipinski definition) is 2. The van der Waals surface area contributed by atoms with Crippen molar-refractivity contribution in [2.45, 2.75) is 26.2 Å². The maximum Gasteiger partial charge on any atom is 0.489 e. The predicted molar refractivity (Wildman–Crippen MR) is 80.3 cm³/mol. The summed E-state index contributed by atoms with van der Waals surface area (Å²) >= 11 is 0. The van der Waals surface area contributed by atoms with E-state index in [-0.39, 0.29) is 0 Å². The van der Waals surface area contributed by atoms with Gasteiger partial charge in [0, 0.05) is 0 Å². The molecule has 0 aliphatic carbocycles. The molecule has 0 heterocycles. The first-order chi connectivity index (χ1) is 9.22. The molecule has 0 aliphatic rings. The van der Waals surface area contributed by atoms with Crippen LogP contribution in [0.3, 0.4) is 0 Å². The van der Waals surface area contributed by atoms with Crippen molar-refractivity contribution >= 4 is 12.6 Å². The topological polar surface area (TPSA) is 40.5 Å². The Morgan fingerprint density at radius 2 is 1.79 bits per heavy atom. The zero-order valence-electron chi connectivity index (χ0n) is 11.2. The van der Waals surface area contributed by atoms with Gasteiger partial charge < -0.3 is 10.0 Å². The van der Waals surface area contributed by atoms with Crippen molar-refractivity contribution in [3.05, 3.63) is 54.1 Å². The third-order valence-corrected chi connectivity index (χ3v) is 3.30. The molecule has 2 nitrogen and oxygen atoms in total. The van der Waals surface area contributed by atoms with Gasteiger partial charge in [0.1, 0.15) is 0 Å². The van der Waals surface area contributed by atoms with Crippen molar-refractivity contribution in [3.8, 4) is 11.1 Å². The van der Waals surface area contributed by atoms with E-state index in [4.69, 9.17) is 0 Å². The molecule has 0 bridgehead atoms. The van der Waals surface area contributed by atoms with E-state index in [1.807, 2.05) is 30.3 Å². The van der Waals surface area contributed by atoms with Gasteiger partial charge in [-0.25, -0.2) is 0 Å². The molecule has 0 aromatic heterocycles. The highest BCUT2D eigenvalue weighted by Gasteiger charge is 2.16.